The van der Waals surface area contributed by atoms with E-state index in [-0.39, 0.29) is 6.10 Å². The average Bonchev–Trinajstić information content (AvgIpc) is 3.01. The highest BCUT2D eigenvalue weighted by atomic mass is 16.5. The van der Waals surface area contributed by atoms with Gasteiger partial charge in [-0.1, -0.05) is 6.07 Å². The molecule has 0 radical (unpaired) electrons. The third-order valence-electron chi connectivity index (χ3n) is 2.36. The van der Waals surface area contributed by atoms with Crippen LogP contribution in [0, 0.1) is 0 Å². The first-order valence-corrected chi connectivity index (χ1v) is 4.99. The van der Waals surface area contributed by atoms with E-state index in [9.17, 15) is 4.79 Å². The van der Waals surface area contributed by atoms with Gasteiger partial charge in [0.15, 0.2) is 0 Å². The van der Waals surface area contributed by atoms with Crippen LogP contribution in [0.5, 0.6) is 5.75 Å². The van der Waals surface area contributed by atoms with E-state index >= 15 is 0 Å². The van der Waals surface area contributed by atoms with Crippen LogP contribution < -0.4 is 15.8 Å². The standard InChI is InChI=1S/C11H14N2O2/c1-13-8-3-2-4-9(10(8)11(12)14)15-7-5-6-7/h2-4,7,13H,5-6H2,1H3,(H2,12,14). The molecule has 15 heavy (non-hydrogen) atoms. The number of benzene rings is 1. The van der Waals surface area contributed by atoms with Gasteiger partial charge in [-0.15, -0.1) is 0 Å². The highest BCUT2D eigenvalue weighted by Crippen LogP contribution is 2.32. The summed E-state index contributed by atoms with van der Waals surface area (Å²) in [6, 6.07) is 5.43. The molecule has 1 aromatic rings. The monoisotopic (exact) mass is 206 g/mol. The summed E-state index contributed by atoms with van der Waals surface area (Å²) in [5.74, 6) is 0.118. The molecule has 1 saturated carbocycles. The van der Waals surface area contributed by atoms with Crippen LogP contribution in [0.1, 0.15) is 23.2 Å². The van der Waals surface area contributed by atoms with Crippen molar-refractivity contribution in [1.82, 2.24) is 0 Å². The lowest BCUT2D eigenvalue weighted by molar-refractivity contribution is 0.0997. The fourth-order valence-electron chi connectivity index (χ4n) is 1.46. The zero-order valence-corrected chi connectivity index (χ0v) is 8.62. The summed E-state index contributed by atoms with van der Waals surface area (Å²) < 4.78 is 5.62. The number of hydrogen-bond donors (Lipinski definition) is 2. The number of carbonyl (C=O) groups is 1. The first-order valence-electron chi connectivity index (χ1n) is 4.99. The van der Waals surface area contributed by atoms with E-state index in [1.165, 1.54) is 0 Å². The van der Waals surface area contributed by atoms with Crippen LogP contribution in [-0.4, -0.2) is 19.1 Å². The normalized spacial score (nSPS) is 14.7. The van der Waals surface area contributed by atoms with Crippen LogP contribution in [0.25, 0.3) is 0 Å². The van der Waals surface area contributed by atoms with E-state index in [2.05, 4.69) is 5.32 Å². The molecule has 1 amide bonds. The smallest absolute Gasteiger partial charge is 0.254 e. The molecule has 4 nitrogen and oxygen atoms in total. The Hall–Kier alpha value is -1.71. The predicted octanol–water partition coefficient (Wildman–Crippen LogP) is 1.37. The summed E-state index contributed by atoms with van der Waals surface area (Å²) in [4.78, 5) is 11.3. The number of carbonyl (C=O) groups excluding carboxylic acids is 1. The minimum atomic E-state index is -0.462. The lowest BCUT2D eigenvalue weighted by Gasteiger charge is -2.12. The third-order valence-corrected chi connectivity index (χ3v) is 2.36. The summed E-state index contributed by atoms with van der Waals surface area (Å²) in [7, 11) is 1.75. The zero-order chi connectivity index (χ0) is 10.8. The first-order chi connectivity index (χ1) is 7.22. The molecule has 1 aliphatic rings. The van der Waals surface area contributed by atoms with Crippen molar-refractivity contribution in [3.8, 4) is 5.75 Å². The number of ether oxygens (including phenoxy) is 1. The van der Waals surface area contributed by atoms with Crippen molar-refractivity contribution in [3.63, 3.8) is 0 Å². The number of amides is 1. The molecule has 2 rings (SSSR count). The zero-order valence-electron chi connectivity index (χ0n) is 8.62. The van der Waals surface area contributed by atoms with Gasteiger partial charge in [-0.25, -0.2) is 0 Å². The van der Waals surface area contributed by atoms with Gasteiger partial charge in [0.25, 0.3) is 5.91 Å². The maximum absolute atomic E-state index is 11.3. The molecule has 0 unspecified atom stereocenters. The maximum Gasteiger partial charge on any atom is 0.254 e. The van der Waals surface area contributed by atoms with Crippen molar-refractivity contribution < 1.29 is 9.53 Å². The van der Waals surface area contributed by atoms with Crippen molar-refractivity contribution >= 4 is 11.6 Å². The molecule has 1 fully saturated rings. The summed E-state index contributed by atoms with van der Waals surface area (Å²) in [5.41, 5.74) is 6.47. The Morgan fingerprint density at radius 2 is 2.27 bits per heavy atom. The molecule has 4 heteroatoms. The summed E-state index contributed by atoms with van der Waals surface area (Å²) in [6.45, 7) is 0. The summed E-state index contributed by atoms with van der Waals surface area (Å²) >= 11 is 0. The highest BCUT2D eigenvalue weighted by molar-refractivity contribution is 6.01. The molecule has 0 atom stereocenters. The molecule has 1 aliphatic carbocycles. The van der Waals surface area contributed by atoms with E-state index < -0.39 is 5.91 Å². The number of anilines is 1. The molecule has 1 aromatic carbocycles. The van der Waals surface area contributed by atoms with Crippen LogP contribution in [0.4, 0.5) is 5.69 Å². The lowest BCUT2D eigenvalue weighted by Crippen LogP contribution is -2.15. The van der Waals surface area contributed by atoms with Gasteiger partial charge in [0, 0.05) is 7.05 Å². The molecule has 0 aromatic heterocycles. The summed E-state index contributed by atoms with van der Waals surface area (Å²) in [5, 5.41) is 2.93. The van der Waals surface area contributed by atoms with Gasteiger partial charge in [0.1, 0.15) is 11.3 Å². The van der Waals surface area contributed by atoms with Gasteiger partial charge in [0.2, 0.25) is 0 Å². The molecule has 0 aliphatic heterocycles. The van der Waals surface area contributed by atoms with Gasteiger partial charge in [0.05, 0.1) is 11.8 Å². The Morgan fingerprint density at radius 1 is 1.53 bits per heavy atom. The average molecular weight is 206 g/mol. The van der Waals surface area contributed by atoms with Crippen molar-refractivity contribution in [1.29, 1.82) is 0 Å². The molecule has 0 saturated heterocycles. The van der Waals surface area contributed by atoms with E-state index in [0.29, 0.717) is 17.0 Å². The van der Waals surface area contributed by atoms with Gasteiger partial charge in [-0.05, 0) is 25.0 Å². The van der Waals surface area contributed by atoms with E-state index in [0.717, 1.165) is 12.8 Å². The Labute approximate surface area is 88.4 Å². The quantitative estimate of drug-likeness (QED) is 0.782. The Balaban J connectivity index is 2.37. The first kappa shape index (κ1) is 9.83. The van der Waals surface area contributed by atoms with E-state index in [1.807, 2.05) is 6.07 Å². The fourth-order valence-corrected chi connectivity index (χ4v) is 1.46. The van der Waals surface area contributed by atoms with Crippen LogP contribution in [-0.2, 0) is 0 Å². The van der Waals surface area contributed by atoms with Gasteiger partial charge < -0.3 is 15.8 Å². The van der Waals surface area contributed by atoms with Crippen LogP contribution in [0.2, 0.25) is 0 Å². The molecule has 0 bridgehead atoms. The van der Waals surface area contributed by atoms with Crippen molar-refractivity contribution in [2.45, 2.75) is 18.9 Å². The fraction of sp³-hybridized carbons (Fsp3) is 0.364. The van der Waals surface area contributed by atoms with Gasteiger partial charge in [-0.2, -0.15) is 0 Å². The largest absolute Gasteiger partial charge is 0.490 e. The van der Waals surface area contributed by atoms with Crippen molar-refractivity contribution in [3.05, 3.63) is 23.8 Å². The van der Waals surface area contributed by atoms with Gasteiger partial charge in [-0.3, -0.25) is 4.79 Å². The second-order valence-corrected chi connectivity index (χ2v) is 3.61. The Kier molecular flexibility index (Phi) is 2.49. The molecular weight excluding hydrogens is 192 g/mol. The van der Waals surface area contributed by atoms with Crippen molar-refractivity contribution in [2.24, 2.45) is 5.73 Å². The van der Waals surface area contributed by atoms with Gasteiger partial charge >= 0.3 is 0 Å². The predicted molar refractivity (Wildman–Crippen MR) is 58.2 cm³/mol. The number of nitrogens with two attached hydrogens (primary N) is 1. The van der Waals surface area contributed by atoms with Crippen LogP contribution in [0.15, 0.2) is 18.2 Å². The Morgan fingerprint density at radius 3 is 2.80 bits per heavy atom. The molecule has 3 N–H and O–H groups in total. The van der Waals surface area contributed by atoms with Crippen LogP contribution >= 0.6 is 0 Å². The maximum atomic E-state index is 11.3. The van der Waals surface area contributed by atoms with E-state index in [4.69, 9.17) is 10.5 Å². The lowest BCUT2D eigenvalue weighted by atomic mass is 10.1. The third kappa shape index (κ3) is 2.03. The minimum absolute atomic E-state index is 0.259. The topological polar surface area (TPSA) is 64.3 Å². The highest BCUT2D eigenvalue weighted by Gasteiger charge is 2.26. The SMILES string of the molecule is CNc1cccc(OC2CC2)c1C(N)=O. The molecular formula is C11H14N2O2. The number of hydrogen-bond acceptors (Lipinski definition) is 3. The number of primary amides is 1. The molecule has 80 valence electrons. The second-order valence-electron chi connectivity index (χ2n) is 3.61. The Bertz CT molecular complexity index is 386. The van der Waals surface area contributed by atoms with E-state index in [1.54, 1.807) is 19.2 Å². The second kappa shape index (κ2) is 3.81. The molecule has 0 heterocycles. The number of nitrogens with one attached hydrogen (secondary N) is 1. The summed E-state index contributed by atoms with van der Waals surface area (Å²) in [6.07, 6.45) is 2.37. The molecule has 0 spiro atoms. The van der Waals surface area contributed by atoms with Crippen LogP contribution in [0.3, 0.4) is 0 Å². The minimum Gasteiger partial charge on any atom is -0.490 e. The van der Waals surface area contributed by atoms with Crippen molar-refractivity contribution in [2.75, 3.05) is 12.4 Å². The number of rotatable bonds is 4.